The molecule has 0 fully saturated rings. The largest absolute Gasteiger partial charge is 0.384 e. The van der Waals surface area contributed by atoms with Gasteiger partial charge >= 0.3 is 5.69 Å². The predicted molar refractivity (Wildman–Crippen MR) is 66.9 cm³/mol. The summed E-state index contributed by atoms with van der Waals surface area (Å²) in [6.07, 6.45) is 3.30. The van der Waals surface area contributed by atoms with Crippen LogP contribution in [0.4, 0.5) is 17.3 Å². The molecule has 0 aliphatic rings. The molecule has 18 heavy (non-hydrogen) atoms. The minimum absolute atomic E-state index is 0.0988. The van der Waals surface area contributed by atoms with Crippen LogP contribution in [-0.2, 0) is 6.54 Å². The topological polar surface area (TPSA) is 107 Å². The molecule has 0 radical (unpaired) electrons. The molecule has 0 amide bonds. The van der Waals surface area contributed by atoms with E-state index in [1.165, 1.54) is 12.1 Å². The number of nitrogens with two attached hydrogens (primary N) is 1. The molecule has 2 aromatic rings. The van der Waals surface area contributed by atoms with Crippen molar-refractivity contribution >= 4 is 17.3 Å². The van der Waals surface area contributed by atoms with Gasteiger partial charge in [0, 0.05) is 25.0 Å². The van der Waals surface area contributed by atoms with Crippen LogP contribution in [0.2, 0.25) is 0 Å². The Kier molecular flexibility index (Phi) is 3.33. The van der Waals surface area contributed by atoms with Crippen LogP contribution in [0.15, 0.2) is 36.7 Å². The van der Waals surface area contributed by atoms with Crippen molar-refractivity contribution < 1.29 is 4.92 Å². The summed E-state index contributed by atoms with van der Waals surface area (Å²) < 4.78 is 0. The average Bonchev–Trinajstić information content (AvgIpc) is 2.37. The van der Waals surface area contributed by atoms with Crippen LogP contribution >= 0.6 is 0 Å². The average molecular weight is 245 g/mol. The van der Waals surface area contributed by atoms with Gasteiger partial charge < -0.3 is 11.1 Å². The molecule has 0 aliphatic heterocycles. The number of aromatic nitrogens is 2. The molecule has 7 heteroatoms. The van der Waals surface area contributed by atoms with Gasteiger partial charge in [-0.15, -0.1) is 0 Å². The second kappa shape index (κ2) is 5.09. The van der Waals surface area contributed by atoms with Gasteiger partial charge in [0.25, 0.3) is 0 Å². The maximum Gasteiger partial charge on any atom is 0.311 e. The maximum absolute atomic E-state index is 10.8. The van der Waals surface area contributed by atoms with Crippen molar-refractivity contribution in [1.29, 1.82) is 0 Å². The first-order valence-corrected chi connectivity index (χ1v) is 5.20. The molecule has 0 aromatic carbocycles. The molecule has 0 saturated carbocycles. The minimum atomic E-state index is -0.499. The highest BCUT2D eigenvalue weighted by Gasteiger charge is 2.14. The van der Waals surface area contributed by atoms with Crippen molar-refractivity contribution in [2.24, 2.45) is 0 Å². The van der Waals surface area contributed by atoms with E-state index in [4.69, 9.17) is 5.73 Å². The standard InChI is InChI=1S/C11H11N5O2/c12-10-2-1-9(16(17)18)11(15-10)14-7-8-3-5-13-6-4-8/h1-6H,7H2,(H3,12,14,15). The van der Waals surface area contributed by atoms with Gasteiger partial charge in [-0.05, 0) is 23.8 Å². The fourth-order valence-electron chi connectivity index (χ4n) is 1.43. The van der Waals surface area contributed by atoms with Crippen molar-refractivity contribution in [1.82, 2.24) is 9.97 Å². The highest BCUT2D eigenvalue weighted by atomic mass is 16.6. The van der Waals surface area contributed by atoms with E-state index < -0.39 is 4.92 Å². The van der Waals surface area contributed by atoms with Crippen molar-refractivity contribution in [3.05, 3.63) is 52.3 Å². The molecule has 0 atom stereocenters. The molecule has 0 saturated heterocycles. The first kappa shape index (κ1) is 11.8. The first-order valence-electron chi connectivity index (χ1n) is 5.20. The number of hydrogen-bond acceptors (Lipinski definition) is 6. The Morgan fingerprint density at radius 2 is 2.00 bits per heavy atom. The fourth-order valence-corrected chi connectivity index (χ4v) is 1.43. The van der Waals surface area contributed by atoms with Crippen LogP contribution < -0.4 is 11.1 Å². The molecule has 0 bridgehead atoms. The van der Waals surface area contributed by atoms with E-state index in [1.54, 1.807) is 12.4 Å². The van der Waals surface area contributed by atoms with Crippen molar-refractivity contribution in [2.75, 3.05) is 11.1 Å². The number of nitrogens with zero attached hydrogens (tertiary/aromatic N) is 3. The van der Waals surface area contributed by atoms with Gasteiger partial charge in [-0.3, -0.25) is 15.1 Å². The summed E-state index contributed by atoms with van der Waals surface area (Å²) in [4.78, 5) is 18.1. The molecular formula is C11H11N5O2. The summed E-state index contributed by atoms with van der Waals surface area (Å²) in [5.41, 5.74) is 6.36. The number of nitrogens with one attached hydrogen (secondary N) is 1. The highest BCUT2D eigenvalue weighted by molar-refractivity contribution is 5.59. The van der Waals surface area contributed by atoms with Gasteiger partial charge in [0.1, 0.15) is 5.82 Å². The molecule has 7 nitrogen and oxygen atoms in total. The lowest BCUT2D eigenvalue weighted by molar-refractivity contribution is -0.384. The van der Waals surface area contributed by atoms with Crippen molar-refractivity contribution in [3.8, 4) is 0 Å². The van der Waals surface area contributed by atoms with Crippen LogP contribution in [0.1, 0.15) is 5.56 Å². The number of pyridine rings is 2. The predicted octanol–water partition coefficient (Wildman–Crippen LogP) is 1.58. The summed E-state index contributed by atoms with van der Waals surface area (Å²) in [5, 5.41) is 13.7. The Hall–Kier alpha value is -2.70. The fraction of sp³-hybridized carbons (Fsp3) is 0.0909. The van der Waals surface area contributed by atoms with E-state index >= 15 is 0 Å². The molecule has 0 unspecified atom stereocenters. The zero-order valence-electron chi connectivity index (χ0n) is 9.41. The lowest BCUT2D eigenvalue weighted by Crippen LogP contribution is -2.06. The summed E-state index contributed by atoms with van der Waals surface area (Å²) in [6, 6.07) is 6.35. The molecule has 2 rings (SSSR count). The van der Waals surface area contributed by atoms with Crippen molar-refractivity contribution in [3.63, 3.8) is 0 Å². The second-order valence-electron chi connectivity index (χ2n) is 3.57. The van der Waals surface area contributed by atoms with Crippen LogP contribution in [0.25, 0.3) is 0 Å². The molecule has 2 heterocycles. The van der Waals surface area contributed by atoms with Crippen molar-refractivity contribution in [2.45, 2.75) is 6.54 Å². The summed E-state index contributed by atoms with van der Waals surface area (Å²) in [5.74, 6) is 0.398. The molecule has 0 aliphatic carbocycles. The van der Waals surface area contributed by atoms with Gasteiger partial charge in [0.15, 0.2) is 0 Å². The van der Waals surface area contributed by atoms with E-state index in [0.29, 0.717) is 6.54 Å². The number of hydrogen-bond donors (Lipinski definition) is 2. The van der Waals surface area contributed by atoms with Gasteiger partial charge in [-0.2, -0.15) is 0 Å². The number of nitrogen functional groups attached to an aromatic ring is 1. The van der Waals surface area contributed by atoms with E-state index in [9.17, 15) is 10.1 Å². The summed E-state index contributed by atoms with van der Waals surface area (Å²) in [6.45, 7) is 0.416. The Morgan fingerprint density at radius 1 is 1.28 bits per heavy atom. The highest BCUT2D eigenvalue weighted by Crippen LogP contribution is 2.23. The Bertz CT molecular complexity index is 559. The third-order valence-corrected chi connectivity index (χ3v) is 2.30. The van der Waals surface area contributed by atoms with Gasteiger partial charge in [0.2, 0.25) is 5.82 Å². The molecular weight excluding hydrogens is 234 g/mol. The van der Waals surface area contributed by atoms with E-state index in [2.05, 4.69) is 15.3 Å². The maximum atomic E-state index is 10.8. The SMILES string of the molecule is Nc1ccc([N+](=O)[O-])c(NCc2ccncc2)n1. The second-order valence-corrected chi connectivity index (χ2v) is 3.57. The smallest absolute Gasteiger partial charge is 0.311 e. The first-order chi connectivity index (χ1) is 8.66. The molecule has 92 valence electrons. The summed E-state index contributed by atoms with van der Waals surface area (Å²) >= 11 is 0. The molecule has 3 N–H and O–H groups in total. The zero-order valence-corrected chi connectivity index (χ0v) is 9.41. The van der Waals surface area contributed by atoms with E-state index in [0.717, 1.165) is 5.56 Å². The Balaban J connectivity index is 2.18. The number of rotatable bonds is 4. The summed E-state index contributed by atoms with van der Waals surface area (Å²) in [7, 11) is 0. The van der Waals surface area contributed by atoms with Gasteiger partial charge in [-0.25, -0.2) is 4.98 Å². The third-order valence-electron chi connectivity index (χ3n) is 2.30. The minimum Gasteiger partial charge on any atom is -0.384 e. The number of anilines is 2. The molecule has 0 spiro atoms. The lowest BCUT2D eigenvalue weighted by atomic mass is 10.2. The Labute approximate surface area is 103 Å². The van der Waals surface area contributed by atoms with E-state index in [-0.39, 0.29) is 17.3 Å². The Morgan fingerprint density at radius 3 is 2.67 bits per heavy atom. The van der Waals surface area contributed by atoms with Gasteiger partial charge in [-0.1, -0.05) is 0 Å². The van der Waals surface area contributed by atoms with Crippen LogP contribution in [0.5, 0.6) is 0 Å². The molecule has 2 aromatic heterocycles. The normalized spacial score (nSPS) is 10.0. The van der Waals surface area contributed by atoms with Crippen LogP contribution in [0.3, 0.4) is 0 Å². The van der Waals surface area contributed by atoms with Crippen LogP contribution in [-0.4, -0.2) is 14.9 Å². The third kappa shape index (κ3) is 2.70. The monoisotopic (exact) mass is 245 g/mol. The van der Waals surface area contributed by atoms with Gasteiger partial charge in [0.05, 0.1) is 4.92 Å². The van der Waals surface area contributed by atoms with Crippen LogP contribution in [0, 0.1) is 10.1 Å². The zero-order chi connectivity index (χ0) is 13.0. The quantitative estimate of drug-likeness (QED) is 0.625. The van der Waals surface area contributed by atoms with E-state index in [1.807, 2.05) is 12.1 Å². The lowest BCUT2D eigenvalue weighted by Gasteiger charge is -2.06. The number of nitro groups is 1.